The highest BCUT2D eigenvalue weighted by Crippen LogP contribution is 2.30. The quantitative estimate of drug-likeness (QED) is 0.569. The van der Waals surface area contributed by atoms with Crippen molar-refractivity contribution in [3.05, 3.63) is 59.0 Å². The van der Waals surface area contributed by atoms with Crippen molar-refractivity contribution in [1.82, 2.24) is 0 Å². The summed E-state index contributed by atoms with van der Waals surface area (Å²) in [4.78, 5) is 24.4. The first-order valence-corrected chi connectivity index (χ1v) is 7.62. The molecule has 1 aromatic heterocycles. The maximum absolute atomic E-state index is 12.4. The lowest BCUT2D eigenvalue weighted by atomic mass is 10.1. The average Bonchev–Trinajstić information content (AvgIpc) is 3.00. The second kappa shape index (κ2) is 6.10. The summed E-state index contributed by atoms with van der Waals surface area (Å²) in [5, 5.41) is 13.7. The van der Waals surface area contributed by atoms with Gasteiger partial charge in [0.05, 0.1) is 17.7 Å². The molecule has 0 radical (unpaired) electrons. The summed E-state index contributed by atoms with van der Waals surface area (Å²) in [6, 6.07) is 14.0. The molecule has 6 heteroatoms. The van der Waals surface area contributed by atoms with E-state index in [0.29, 0.717) is 4.88 Å². The number of rotatable bonds is 3. The van der Waals surface area contributed by atoms with Gasteiger partial charge in [-0.05, 0) is 29.7 Å². The van der Waals surface area contributed by atoms with Crippen molar-refractivity contribution in [3.8, 4) is 5.75 Å². The highest BCUT2D eigenvalue weighted by molar-refractivity contribution is 7.20. The number of benzene rings is 2. The smallest absolute Gasteiger partial charge is 0.341 e. The highest BCUT2D eigenvalue weighted by Gasteiger charge is 2.17. The molecule has 0 aliphatic carbocycles. The number of carbonyl (C=O) groups excluding carboxylic acids is 2. The molecule has 0 bridgehead atoms. The molecule has 0 atom stereocenters. The minimum Gasteiger partial charge on any atom is -0.505 e. The van der Waals surface area contributed by atoms with E-state index in [1.807, 2.05) is 24.3 Å². The fourth-order valence-electron chi connectivity index (χ4n) is 2.20. The fraction of sp³-hybridized carbons (Fsp3) is 0.0588. The van der Waals surface area contributed by atoms with Gasteiger partial charge in [-0.1, -0.05) is 24.3 Å². The normalized spacial score (nSPS) is 10.5. The SMILES string of the molecule is COC(=O)c1cccc(NC(=O)c2cc3ccccc3s2)c1O. The van der Waals surface area contributed by atoms with Crippen molar-refractivity contribution < 1.29 is 19.4 Å². The van der Waals surface area contributed by atoms with Gasteiger partial charge >= 0.3 is 5.97 Å². The van der Waals surface area contributed by atoms with E-state index < -0.39 is 5.97 Å². The largest absolute Gasteiger partial charge is 0.505 e. The van der Waals surface area contributed by atoms with Crippen LogP contribution in [0.2, 0.25) is 0 Å². The van der Waals surface area contributed by atoms with Crippen LogP contribution >= 0.6 is 11.3 Å². The molecule has 0 spiro atoms. The van der Waals surface area contributed by atoms with Gasteiger partial charge in [0.25, 0.3) is 5.91 Å². The highest BCUT2D eigenvalue weighted by atomic mass is 32.1. The standard InChI is InChI=1S/C17H13NO4S/c1-22-17(21)11-6-4-7-12(15(11)19)18-16(20)14-9-10-5-2-3-8-13(10)23-14/h2-9,19H,1H3,(H,18,20). The van der Waals surface area contributed by atoms with Crippen LogP contribution in [0, 0.1) is 0 Å². The monoisotopic (exact) mass is 327 g/mol. The van der Waals surface area contributed by atoms with Crippen molar-refractivity contribution in [2.45, 2.75) is 0 Å². The van der Waals surface area contributed by atoms with E-state index in [-0.39, 0.29) is 22.9 Å². The first-order chi connectivity index (χ1) is 11.1. The van der Waals surface area contributed by atoms with E-state index in [9.17, 15) is 14.7 Å². The third-order valence-electron chi connectivity index (χ3n) is 3.34. The van der Waals surface area contributed by atoms with Gasteiger partial charge in [-0.15, -0.1) is 11.3 Å². The second-order valence-corrected chi connectivity index (χ2v) is 5.88. The van der Waals surface area contributed by atoms with E-state index in [4.69, 9.17) is 0 Å². The summed E-state index contributed by atoms with van der Waals surface area (Å²) in [6.45, 7) is 0. The summed E-state index contributed by atoms with van der Waals surface area (Å²) in [7, 11) is 1.23. The molecule has 0 unspecified atom stereocenters. The Kier molecular flexibility index (Phi) is 3.99. The maximum Gasteiger partial charge on any atom is 0.341 e. The minimum atomic E-state index is -0.666. The average molecular weight is 327 g/mol. The topological polar surface area (TPSA) is 75.6 Å². The number of aromatic hydroxyl groups is 1. The second-order valence-electron chi connectivity index (χ2n) is 4.80. The molecule has 3 aromatic rings. The molecular weight excluding hydrogens is 314 g/mol. The zero-order chi connectivity index (χ0) is 16.4. The number of anilines is 1. The number of hydrogen-bond donors (Lipinski definition) is 2. The Labute approximate surface area is 136 Å². The van der Waals surface area contributed by atoms with Crippen LogP contribution in [0.5, 0.6) is 5.75 Å². The Bertz CT molecular complexity index is 867. The molecule has 5 nitrogen and oxygen atoms in total. The number of thiophene rings is 1. The number of phenolic OH excluding ortho intramolecular Hbond substituents is 1. The van der Waals surface area contributed by atoms with Gasteiger partial charge in [-0.3, -0.25) is 4.79 Å². The third kappa shape index (κ3) is 2.89. The third-order valence-corrected chi connectivity index (χ3v) is 4.45. The van der Waals surface area contributed by atoms with Gasteiger partial charge in [-0.2, -0.15) is 0 Å². The molecule has 116 valence electrons. The van der Waals surface area contributed by atoms with Crippen molar-refractivity contribution in [2.24, 2.45) is 0 Å². The Morgan fingerprint density at radius 1 is 1.13 bits per heavy atom. The summed E-state index contributed by atoms with van der Waals surface area (Å²) in [6.07, 6.45) is 0. The Balaban J connectivity index is 1.89. The minimum absolute atomic E-state index is 0.00152. The summed E-state index contributed by atoms with van der Waals surface area (Å²) in [5.74, 6) is -1.32. The Morgan fingerprint density at radius 2 is 1.91 bits per heavy atom. The maximum atomic E-state index is 12.4. The van der Waals surface area contributed by atoms with Crippen molar-refractivity contribution in [3.63, 3.8) is 0 Å². The van der Waals surface area contributed by atoms with Gasteiger partial charge in [0.15, 0.2) is 5.75 Å². The molecule has 0 aliphatic heterocycles. The molecule has 1 heterocycles. The first-order valence-electron chi connectivity index (χ1n) is 6.80. The molecule has 1 amide bonds. The molecule has 2 N–H and O–H groups in total. The van der Waals surface area contributed by atoms with Crippen LogP contribution in [0.25, 0.3) is 10.1 Å². The van der Waals surface area contributed by atoms with E-state index in [2.05, 4.69) is 10.1 Å². The molecule has 2 aromatic carbocycles. The van der Waals surface area contributed by atoms with Crippen LogP contribution in [0.4, 0.5) is 5.69 Å². The van der Waals surface area contributed by atoms with E-state index in [1.165, 1.54) is 30.6 Å². The molecule has 0 saturated carbocycles. The van der Waals surface area contributed by atoms with E-state index in [1.54, 1.807) is 12.1 Å². The van der Waals surface area contributed by atoms with Crippen LogP contribution in [0.15, 0.2) is 48.5 Å². The van der Waals surface area contributed by atoms with Gasteiger partial charge in [0, 0.05) is 4.70 Å². The van der Waals surface area contributed by atoms with Gasteiger partial charge in [-0.25, -0.2) is 4.79 Å². The summed E-state index contributed by atoms with van der Waals surface area (Å²) in [5.41, 5.74) is 0.164. The summed E-state index contributed by atoms with van der Waals surface area (Å²) >= 11 is 1.36. The van der Waals surface area contributed by atoms with Crippen molar-refractivity contribution in [1.29, 1.82) is 0 Å². The molecule has 0 saturated heterocycles. The lowest BCUT2D eigenvalue weighted by Gasteiger charge is -2.09. The van der Waals surface area contributed by atoms with Crippen LogP contribution in [0.1, 0.15) is 20.0 Å². The number of ether oxygens (including phenoxy) is 1. The van der Waals surface area contributed by atoms with E-state index >= 15 is 0 Å². The lowest BCUT2D eigenvalue weighted by Crippen LogP contribution is -2.11. The number of amides is 1. The van der Waals surface area contributed by atoms with Crippen LogP contribution in [0.3, 0.4) is 0 Å². The number of esters is 1. The van der Waals surface area contributed by atoms with E-state index in [0.717, 1.165) is 10.1 Å². The number of phenols is 1. The fourth-order valence-corrected chi connectivity index (χ4v) is 3.15. The van der Waals surface area contributed by atoms with Gasteiger partial charge < -0.3 is 15.2 Å². The zero-order valence-electron chi connectivity index (χ0n) is 12.2. The molecular formula is C17H13NO4S. The van der Waals surface area contributed by atoms with Crippen molar-refractivity contribution >= 4 is 39.0 Å². The number of fused-ring (bicyclic) bond motifs is 1. The van der Waals surface area contributed by atoms with Crippen molar-refractivity contribution in [2.75, 3.05) is 12.4 Å². The van der Waals surface area contributed by atoms with Crippen LogP contribution in [-0.4, -0.2) is 24.1 Å². The number of nitrogens with one attached hydrogen (secondary N) is 1. The van der Waals surface area contributed by atoms with Crippen LogP contribution in [-0.2, 0) is 4.74 Å². The van der Waals surface area contributed by atoms with Gasteiger partial charge in [0.1, 0.15) is 5.56 Å². The number of carbonyl (C=O) groups is 2. The number of methoxy groups -OCH3 is 1. The number of hydrogen-bond acceptors (Lipinski definition) is 5. The number of para-hydroxylation sites is 1. The molecule has 23 heavy (non-hydrogen) atoms. The van der Waals surface area contributed by atoms with Gasteiger partial charge in [0.2, 0.25) is 0 Å². The summed E-state index contributed by atoms with van der Waals surface area (Å²) < 4.78 is 5.60. The predicted octanol–water partition coefficient (Wildman–Crippen LogP) is 3.65. The molecule has 3 rings (SSSR count). The first kappa shape index (κ1) is 15.1. The predicted molar refractivity (Wildman–Crippen MR) is 89.2 cm³/mol. The lowest BCUT2D eigenvalue weighted by molar-refractivity contribution is 0.0597. The Morgan fingerprint density at radius 3 is 2.65 bits per heavy atom. The zero-order valence-corrected chi connectivity index (χ0v) is 13.0. The molecule has 0 fully saturated rings. The van der Waals surface area contributed by atoms with Crippen LogP contribution < -0.4 is 5.32 Å². The molecule has 0 aliphatic rings. The Hall–Kier alpha value is -2.86.